The Morgan fingerprint density at radius 2 is 1.09 bits per heavy atom. The Morgan fingerprint density at radius 1 is 0.714 bits per heavy atom. The third kappa shape index (κ3) is 8.46. The van der Waals surface area contributed by atoms with Crippen LogP contribution in [0, 0.1) is 20.2 Å². The summed E-state index contributed by atoms with van der Waals surface area (Å²) in [5, 5.41) is 26.0. The van der Waals surface area contributed by atoms with Gasteiger partial charge in [0.15, 0.2) is 0 Å². The molecule has 2 N–H and O–H groups in total. The van der Waals surface area contributed by atoms with E-state index in [-0.39, 0.29) is 28.9 Å². The number of hydrogen-bond donors (Lipinski definition) is 2. The van der Waals surface area contributed by atoms with Crippen LogP contribution < -0.4 is 10.6 Å². The molecule has 14 heteroatoms. The Balaban J connectivity index is 2.32. The van der Waals surface area contributed by atoms with Gasteiger partial charge in [-0.25, -0.2) is 0 Å². The first-order valence-corrected chi connectivity index (χ1v) is 10.1. The van der Waals surface area contributed by atoms with E-state index >= 15 is 0 Å². The third-order valence-corrected chi connectivity index (χ3v) is 4.46. The molecule has 0 saturated carbocycles. The molecule has 2 aromatic rings. The minimum absolute atomic E-state index is 0.0492. The molecule has 180 valence electrons. The van der Waals surface area contributed by atoms with Crippen molar-refractivity contribution in [2.75, 3.05) is 10.6 Å². The number of allylic oxidation sites excluding steroid dienone is 2. The smallest absolute Gasteiger partial charge is 0.275 e. The number of nitro groups is 2. The summed E-state index contributed by atoms with van der Waals surface area (Å²) < 4.78 is 0. The van der Waals surface area contributed by atoms with Crippen LogP contribution in [0.4, 0.5) is 22.7 Å². The van der Waals surface area contributed by atoms with Gasteiger partial charge >= 0.3 is 0 Å². The van der Waals surface area contributed by atoms with Crippen LogP contribution in [0.5, 0.6) is 0 Å². The second-order valence-corrected chi connectivity index (χ2v) is 7.38. The van der Waals surface area contributed by atoms with Gasteiger partial charge in [-0.2, -0.15) is 0 Å². The molecule has 0 aliphatic rings. The molecule has 12 nitrogen and oxygen atoms in total. The van der Waals surface area contributed by atoms with Crippen molar-refractivity contribution in [1.82, 2.24) is 0 Å². The molecular formula is C21H14Cl2N4O8. The van der Waals surface area contributed by atoms with Crippen molar-refractivity contribution >= 4 is 68.3 Å². The highest BCUT2D eigenvalue weighted by Crippen LogP contribution is 2.30. The zero-order valence-electron chi connectivity index (χ0n) is 17.4. The van der Waals surface area contributed by atoms with E-state index in [1.807, 2.05) is 0 Å². The molecule has 0 fully saturated rings. The Kier molecular flexibility index (Phi) is 9.32. The molecule has 35 heavy (non-hydrogen) atoms. The largest absolute Gasteiger partial charge is 0.322 e. The van der Waals surface area contributed by atoms with Gasteiger partial charge in [-0.05, 0) is 47.5 Å². The molecule has 2 rings (SSSR count). The highest BCUT2D eigenvalue weighted by Gasteiger charge is 2.21. The van der Waals surface area contributed by atoms with Crippen molar-refractivity contribution in [3.63, 3.8) is 0 Å². The van der Waals surface area contributed by atoms with Gasteiger partial charge in [0.2, 0.25) is 22.3 Å². The van der Waals surface area contributed by atoms with Gasteiger partial charge in [0, 0.05) is 65.4 Å². The van der Waals surface area contributed by atoms with E-state index in [0.717, 1.165) is 36.4 Å². The summed E-state index contributed by atoms with van der Waals surface area (Å²) in [5.74, 6) is -1.50. The molecule has 0 aliphatic carbocycles. The number of nitrogens with zero attached hydrogens (tertiary/aromatic N) is 2. The maximum atomic E-state index is 11.8. The number of nitrogens with one attached hydrogen (secondary N) is 2. The Hall–Kier alpha value is -4.42. The van der Waals surface area contributed by atoms with Crippen molar-refractivity contribution in [3.05, 3.63) is 92.1 Å². The average molecular weight is 521 g/mol. The summed E-state index contributed by atoms with van der Waals surface area (Å²) in [6.45, 7) is 0. The lowest BCUT2D eigenvalue weighted by Gasteiger charge is -2.09. The van der Waals surface area contributed by atoms with Crippen LogP contribution in [0.3, 0.4) is 0 Å². The molecule has 0 atom stereocenters. The van der Waals surface area contributed by atoms with E-state index in [0.29, 0.717) is 0 Å². The Morgan fingerprint density at radius 3 is 1.40 bits per heavy atom. The summed E-state index contributed by atoms with van der Waals surface area (Å²) in [4.78, 5) is 66.6. The summed E-state index contributed by atoms with van der Waals surface area (Å²) >= 11 is 10.2. The maximum absolute atomic E-state index is 11.8. The topological polar surface area (TPSA) is 179 Å². The fourth-order valence-corrected chi connectivity index (χ4v) is 2.90. The monoisotopic (exact) mass is 520 g/mol. The molecule has 0 heterocycles. The Labute approximate surface area is 206 Å². The lowest BCUT2D eigenvalue weighted by molar-refractivity contribution is -0.386. The molecular weight excluding hydrogens is 507 g/mol. The van der Waals surface area contributed by atoms with Crippen molar-refractivity contribution in [2.24, 2.45) is 0 Å². The summed E-state index contributed by atoms with van der Waals surface area (Å²) in [6.07, 6.45) is 3.10. The van der Waals surface area contributed by atoms with Crippen molar-refractivity contribution in [3.8, 4) is 0 Å². The van der Waals surface area contributed by atoms with Crippen LogP contribution in [0.15, 0.2) is 60.7 Å². The lowest BCUT2D eigenvalue weighted by Crippen LogP contribution is -2.10. The molecule has 0 bridgehead atoms. The van der Waals surface area contributed by atoms with Gasteiger partial charge < -0.3 is 10.6 Å². The number of halogens is 2. The van der Waals surface area contributed by atoms with Gasteiger partial charge in [-0.15, -0.1) is 0 Å². The SMILES string of the molecule is O=C(Cl)/C=C\C(=O)Nc1ccc(Cc2ccc(NC(=O)/C=C/C(=O)Cl)cc2[N+](=O)[O-])c([N+](=O)[O-])c1. The highest BCUT2D eigenvalue weighted by atomic mass is 35.5. The van der Waals surface area contributed by atoms with Crippen LogP contribution in [-0.2, 0) is 25.6 Å². The second-order valence-electron chi connectivity index (χ2n) is 6.63. The maximum Gasteiger partial charge on any atom is 0.275 e. The summed E-state index contributed by atoms with van der Waals surface area (Å²) in [5.41, 5.74) is -0.502. The van der Waals surface area contributed by atoms with Gasteiger partial charge in [-0.1, -0.05) is 0 Å². The standard InChI is InChI=1S/C21H14Cl2N4O8/c22-18(28)5-7-20(30)24-14-3-1-12(16(10-14)26(32)33)9-13-2-4-15(11-17(13)27(34)35)25-21(31)8-6-19(23)29/h1-8,10-11H,9H2,(H,24,30)(H,25,31)/b7-5-,8-6+. The third-order valence-electron chi connectivity index (χ3n) is 4.21. The number of carbonyl (C=O) groups excluding carboxylic acids is 4. The fraction of sp³-hybridized carbons (Fsp3) is 0.0476. The normalized spacial score (nSPS) is 10.8. The first-order valence-electron chi connectivity index (χ1n) is 9.38. The number of rotatable bonds is 10. The van der Waals surface area contributed by atoms with E-state index < -0.39 is 43.5 Å². The quantitative estimate of drug-likeness (QED) is 0.206. The first-order chi connectivity index (χ1) is 16.5. The summed E-state index contributed by atoms with van der Waals surface area (Å²) in [6, 6.07) is 7.46. The number of carbonyl (C=O) groups is 4. The molecule has 0 aliphatic heterocycles. The predicted octanol–water partition coefficient (Wildman–Crippen LogP) is 3.61. The average Bonchev–Trinajstić information content (AvgIpc) is 2.78. The number of anilines is 2. The van der Waals surface area contributed by atoms with E-state index in [1.165, 1.54) is 24.3 Å². The van der Waals surface area contributed by atoms with Gasteiger partial charge in [-0.3, -0.25) is 39.4 Å². The number of amides is 2. The van der Waals surface area contributed by atoms with E-state index in [4.69, 9.17) is 23.2 Å². The van der Waals surface area contributed by atoms with E-state index in [1.54, 1.807) is 0 Å². The number of hydrogen-bond acceptors (Lipinski definition) is 8. The van der Waals surface area contributed by atoms with Crippen molar-refractivity contribution in [2.45, 2.75) is 6.42 Å². The zero-order valence-corrected chi connectivity index (χ0v) is 18.9. The highest BCUT2D eigenvalue weighted by molar-refractivity contribution is 6.66. The zero-order chi connectivity index (χ0) is 26.1. The van der Waals surface area contributed by atoms with Crippen LogP contribution in [-0.4, -0.2) is 32.1 Å². The molecule has 0 aromatic heterocycles. The second kappa shape index (κ2) is 12.2. The molecule has 2 aromatic carbocycles. The molecule has 0 spiro atoms. The fourth-order valence-electron chi connectivity index (χ4n) is 2.78. The minimum atomic E-state index is -0.879. The van der Waals surface area contributed by atoms with Crippen LogP contribution in [0.25, 0.3) is 0 Å². The first kappa shape index (κ1) is 26.8. The van der Waals surface area contributed by atoms with Crippen LogP contribution in [0.2, 0.25) is 0 Å². The molecule has 2 amide bonds. The van der Waals surface area contributed by atoms with Crippen molar-refractivity contribution in [1.29, 1.82) is 0 Å². The van der Waals surface area contributed by atoms with Crippen LogP contribution >= 0.6 is 23.2 Å². The van der Waals surface area contributed by atoms with Gasteiger partial charge in [0.05, 0.1) is 9.85 Å². The van der Waals surface area contributed by atoms with E-state index in [2.05, 4.69) is 10.6 Å². The Bertz CT molecular complexity index is 1190. The number of nitro benzene ring substituents is 2. The minimum Gasteiger partial charge on any atom is -0.322 e. The van der Waals surface area contributed by atoms with Gasteiger partial charge in [0.1, 0.15) is 0 Å². The van der Waals surface area contributed by atoms with E-state index in [9.17, 15) is 39.4 Å². The predicted molar refractivity (Wildman–Crippen MR) is 126 cm³/mol. The van der Waals surface area contributed by atoms with Crippen LogP contribution in [0.1, 0.15) is 11.1 Å². The van der Waals surface area contributed by atoms with Crippen molar-refractivity contribution < 1.29 is 29.0 Å². The molecule has 0 radical (unpaired) electrons. The van der Waals surface area contributed by atoms with Gasteiger partial charge in [0.25, 0.3) is 11.4 Å². The lowest BCUT2D eigenvalue weighted by atomic mass is 10.0. The molecule has 0 unspecified atom stereocenters. The molecule has 0 saturated heterocycles. The summed E-state index contributed by atoms with van der Waals surface area (Å²) in [7, 11) is 0. The number of benzene rings is 2.